The van der Waals surface area contributed by atoms with Gasteiger partial charge in [-0.15, -0.1) is 11.3 Å². The molecule has 0 spiro atoms. The van der Waals surface area contributed by atoms with Crippen molar-refractivity contribution < 1.29 is 0 Å². The van der Waals surface area contributed by atoms with Crippen LogP contribution in [0.5, 0.6) is 0 Å². The van der Waals surface area contributed by atoms with Crippen molar-refractivity contribution in [1.29, 1.82) is 0 Å². The minimum atomic E-state index is 0.0862. The van der Waals surface area contributed by atoms with Crippen molar-refractivity contribution in [2.75, 3.05) is 0 Å². The van der Waals surface area contributed by atoms with Gasteiger partial charge in [0.25, 0.3) is 0 Å². The molecular formula is C27H35NS. The number of hydrogen-bond acceptors (Lipinski definition) is 2. The lowest BCUT2D eigenvalue weighted by Gasteiger charge is -2.31. The van der Waals surface area contributed by atoms with Gasteiger partial charge in [0.1, 0.15) is 5.01 Å². The second-order valence-corrected chi connectivity index (χ2v) is 11.6. The van der Waals surface area contributed by atoms with E-state index < -0.39 is 0 Å². The van der Waals surface area contributed by atoms with E-state index in [2.05, 4.69) is 104 Å². The van der Waals surface area contributed by atoms with Crippen molar-refractivity contribution in [3.05, 3.63) is 63.7 Å². The molecule has 3 rings (SSSR count). The topological polar surface area (TPSA) is 12.9 Å². The second-order valence-electron chi connectivity index (χ2n) is 10.6. The number of benzene rings is 2. The maximum absolute atomic E-state index is 4.84. The predicted molar refractivity (Wildman–Crippen MR) is 131 cm³/mol. The highest BCUT2D eigenvalue weighted by Gasteiger charge is 2.26. The van der Waals surface area contributed by atoms with E-state index >= 15 is 0 Å². The zero-order valence-electron chi connectivity index (χ0n) is 19.3. The Morgan fingerprint density at radius 1 is 0.931 bits per heavy atom. The minimum Gasteiger partial charge on any atom is -0.237 e. The fourth-order valence-corrected chi connectivity index (χ4v) is 4.92. The smallest absolute Gasteiger partial charge is 0.117 e. The molecule has 0 bridgehead atoms. The molecule has 1 heterocycles. The summed E-state index contributed by atoms with van der Waals surface area (Å²) in [5.74, 6) is 0.672. The van der Waals surface area contributed by atoms with Gasteiger partial charge >= 0.3 is 0 Å². The Morgan fingerprint density at radius 2 is 1.66 bits per heavy atom. The molecule has 0 unspecified atom stereocenters. The largest absolute Gasteiger partial charge is 0.237 e. The van der Waals surface area contributed by atoms with E-state index in [9.17, 15) is 0 Å². The van der Waals surface area contributed by atoms with Crippen LogP contribution in [0.2, 0.25) is 0 Å². The molecule has 0 amide bonds. The zero-order valence-corrected chi connectivity index (χ0v) is 20.1. The van der Waals surface area contributed by atoms with Gasteiger partial charge in [-0.05, 0) is 63.6 Å². The molecular weight excluding hydrogens is 370 g/mol. The standard InChI is InChI=1S/C27H35NS/c1-18(2)16-19-12-14-22-23(17-19)29-24(28-22)15-13-20-10-9-11-21(26(3,4)5)25(20)27(6,7)8/h9-15,17-18H,16H2,1-8H3/b15-13+. The highest BCUT2D eigenvalue weighted by Crippen LogP contribution is 2.37. The molecule has 1 nitrogen and oxygen atoms in total. The third-order valence-corrected chi connectivity index (χ3v) is 6.16. The lowest BCUT2D eigenvalue weighted by molar-refractivity contribution is 0.529. The lowest BCUT2D eigenvalue weighted by atomic mass is 9.73. The number of fused-ring (bicyclic) bond motifs is 1. The summed E-state index contributed by atoms with van der Waals surface area (Å²) in [6, 6.07) is 13.4. The SMILES string of the molecule is CC(C)Cc1ccc2nc(/C=C/c3cccc(C(C)(C)C)c3C(C)(C)C)sc2c1. The Hall–Kier alpha value is -1.93. The summed E-state index contributed by atoms with van der Waals surface area (Å²) < 4.78 is 1.28. The molecule has 1 aromatic heterocycles. The second kappa shape index (κ2) is 8.07. The molecule has 0 fully saturated rings. The maximum atomic E-state index is 4.84. The number of thiazole rings is 1. The lowest BCUT2D eigenvalue weighted by Crippen LogP contribution is -2.23. The monoisotopic (exact) mass is 405 g/mol. The number of nitrogens with zero attached hydrogens (tertiary/aromatic N) is 1. The number of aromatic nitrogens is 1. The summed E-state index contributed by atoms with van der Waals surface area (Å²) in [5, 5.41) is 1.07. The number of rotatable bonds is 4. The van der Waals surface area contributed by atoms with Crippen LogP contribution < -0.4 is 0 Å². The van der Waals surface area contributed by atoms with Crippen LogP contribution in [0.15, 0.2) is 36.4 Å². The van der Waals surface area contributed by atoms with E-state index in [0.717, 1.165) is 16.9 Å². The maximum Gasteiger partial charge on any atom is 0.117 e. The molecule has 0 atom stereocenters. The van der Waals surface area contributed by atoms with Gasteiger partial charge in [0.2, 0.25) is 0 Å². The van der Waals surface area contributed by atoms with Gasteiger partial charge in [-0.1, -0.05) is 85.7 Å². The van der Waals surface area contributed by atoms with Crippen molar-refractivity contribution in [3.63, 3.8) is 0 Å². The number of hydrogen-bond donors (Lipinski definition) is 0. The zero-order chi connectivity index (χ0) is 21.4. The van der Waals surface area contributed by atoms with Crippen molar-refractivity contribution in [1.82, 2.24) is 4.98 Å². The predicted octanol–water partition coefficient (Wildman–Crippen LogP) is 8.26. The Morgan fingerprint density at radius 3 is 2.28 bits per heavy atom. The van der Waals surface area contributed by atoms with E-state index in [4.69, 9.17) is 4.98 Å². The summed E-state index contributed by atoms with van der Waals surface area (Å²) in [6.07, 6.45) is 5.56. The minimum absolute atomic E-state index is 0.0862. The summed E-state index contributed by atoms with van der Waals surface area (Å²) >= 11 is 1.78. The third-order valence-electron chi connectivity index (χ3n) is 5.17. The van der Waals surface area contributed by atoms with Crippen LogP contribution in [0.4, 0.5) is 0 Å². The van der Waals surface area contributed by atoms with E-state index in [1.807, 2.05) is 0 Å². The molecule has 0 N–H and O–H groups in total. The van der Waals surface area contributed by atoms with Crippen LogP contribution in [0.25, 0.3) is 22.4 Å². The Labute approximate surface area is 180 Å². The summed E-state index contributed by atoms with van der Waals surface area (Å²) in [7, 11) is 0. The molecule has 0 aliphatic heterocycles. The van der Waals surface area contributed by atoms with Crippen LogP contribution in [0, 0.1) is 5.92 Å². The highest BCUT2D eigenvalue weighted by atomic mass is 32.1. The van der Waals surface area contributed by atoms with Gasteiger partial charge in [-0.3, -0.25) is 0 Å². The summed E-state index contributed by atoms with van der Waals surface area (Å²) in [6.45, 7) is 18.4. The normalized spacial score (nSPS) is 13.1. The molecule has 154 valence electrons. The van der Waals surface area contributed by atoms with Gasteiger partial charge in [0.05, 0.1) is 10.2 Å². The van der Waals surface area contributed by atoms with Gasteiger partial charge in [-0.2, -0.15) is 0 Å². The van der Waals surface area contributed by atoms with Crippen molar-refractivity contribution in [2.45, 2.75) is 72.6 Å². The van der Waals surface area contributed by atoms with E-state index in [1.54, 1.807) is 11.3 Å². The quantitative estimate of drug-likeness (QED) is 0.425. The van der Waals surface area contributed by atoms with Gasteiger partial charge in [-0.25, -0.2) is 4.98 Å². The summed E-state index contributed by atoms with van der Waals surface area (Å²) in [5.41, 5.74) is 6.86. The highest BCUT2D eigenvalue weighted by molar-refractivity contribution is 7.19. The van der Waals surface area contributed by atoms with Crippen LogP contribution in [0.3, 0.4) is 0 Å². The summed E-state index contributed by atoms with van der Waals surface area (Å²) in [4.78, 5) is 4.84. The average molecular weight is 406 g/mol. The first-order chi connectivity index (χ1) is 13.4. The molecule has 29 heavy (non-hydrogen) atoms. The van der Waals surface area contributed by atoms with Crippen LogP contribution in [-0.2, 0) is 17.3 Å². The molecule has 0 aliphatic rings. The van der Waals surface area contributed by atoms with Gasteiger partial charge in [0.15, 0.2) is 0 Å². The van der Waals surface area contributed by atoms with Crippen LogP contribution >= 0.6 is 11.3 Å². The first-order valence-corrected chi connectivity index (χ1v) is 11.5. The Bertz CT molecular complexity index is 1020. The van der Waals surface area contributed by atoms with Crippen molar-refractivity contribution >= 4 is 33.7 Å². The molecule has 0 saturated carbocycles. The van der Waals surface area contributed by atoms with Crippen LogP contribution in [0.1, 0.15) is 82.7 Å². The Kier molecular flexibility index (Phi) is 6.06. The first-order valence-electron chi connectivity index (χ1n) is 10.7. The first kappa shape index (κ1) is 21.8. The van der Waals surface area contributed by atoms with Crippen molar-refractivity contribution in [3.8, 4) is 0 Å². The molecule has 0 aliphatic carbocycles. The molecule has 0 radical (unpaired) electrons. The fourth-order valence-electron chi connectivity index (χ4n) is 3.99. The molecule has 3 aromatic rings. The van der Waals surface area contributed by atoms with Gasteiger partial charge < -0.3 is 0 Å². The van der Waals surface area contributed by atoms with E-state index in [1.165, 1.54) is 27.0 Å². The third kappa shape index (κ3) is 5.17. The molecule has 0 saturated heterocycles. The molecule has 2 aromatic carbocycles. The Balaban J connectivity index is 1.99. The fraction of sp³-hybridized carbons (Fsp3) is 0.444. The van der Waals surface area contributed by atoms with Crippen molar-refractivity contribution in [2.24, 2.45) is 5.92 Å². The molecule has 2 heteroatoms. The van der Waals surface area contributed by atoms with Gasteiger partial charge in [0, 0.05) is 0 Å². The van der Waals surface area contributed by atoms with E-state index in [-0.39, 0.29) is 10.8 Å². The van der Waals surface area contributed by atoms with E-state index in [0.29, 0.717) is 5.92 Å². The van der Waals surface area contributed by atoms with Crippen LogP contribution in [-0.4, -0.2) is 4.98 Å². The average Bonchev–Trinajstić information content (AvgIpc) is 2.99.